The van der Waals surface area contributed by atoms with E-state index in [0.29, 0.717) is 24.0 Å². The number of nitrogens with zero attached hydrogens (tertiary/aromatic N) is 2. The zero-order valence-electron chi connectivity index (χ0n) is 10.1. The fraction of sp³-hybridized carbons (Fsp3) is 0.636. The molecule has 1 aromatic heterocycles. The maximum Gasteiger partial charge on any atom is 0.132 e. The number of rotatable bonds is 5. The van der Waals surface area contributed by atoms with Crippen LogP contribution in [-0.2, 0) is 0 Å². The molecule has 5 nitrogen and oxygen atoms in total. The van der Waals surface area contributed by atoms with Gasteiger partial charge in [-0.25, -0.2) is 9.97 Å². The van der Waals surface area contributed by atoms with Crippen LogP contribution in [0.3, 0.4) is 0 Å². The Bertz CT molecular complexity index is 321. The van der Waals surface area contributed by atoms with Crippen LogP contribution in [0.5, 0.6) is 0 Å². The van der Waals surface area contributed by atoms with Crippen molar-refractivity contribution in [1.29, 1.82) is 0 Å². The first-order valence-electron chi connectivity index (χ1n) is 5.51. The second kappa shape index (κ2) is 5.65. The first kappa shape index (κ1) is 12.7. The summed E-state index contributed by atoms with van der Waals surface area (Å²) < 4.78 is 0. The first-order valence-corrected chi connectivity index (χ1v) is 5.51. The molecule has 0 spiro atoms. The van der Waals surface area contributed by atoms with Crippen LogP contribution in [0, 0.1) is 12.8 Å². The van der Waals surface area contributed by atoms with E-state index in [1.807, 2.05) is 0 Å². The van der Waals surface area contributed by atoms with E-state index in [-0.39, 0.29) is 12.6 Å². The number of aliphatic hydroxyl groups excluding tert-OH is 1. The predicted octanol–water partition coefficient (Wildman–Crippen LogP) is 1.19. The van der Waals surface area contributed by atoms with Gasteiger partial charge in [0.25, 0.3) is 0 Å². The molecule has 0 saturated carbocycles. The summed E-state index contributed by atoms with van der Waals surface area (Å²) >= 11 is 0. The number of hydrogen-bond donors (Lipinski definition) is 3. The van der Waals surface area contributed by atoms with Gasteiger partial charge in [-0.05, 0) is 19.3 Å². The molecule has 1 heterocycles. The first-order chi connectivity index (χ1) is 7.52. The lowest BCUT2D eigenvalue weighted by atomic mass is 10.0. The van der Waals surface area contributed by atoms with Gasteiger partial charge in [-0.15, -0.1) is 0 Å². The zero-order valence-corrected chi connectivity index (χ0v) is 10.1. The minimum Gasteiger partial charge on any atom is -0.396 e. The fourth-order valence-electron chi connectivity index (χ4n) is 1.57. The van der Waals surface area contributed by atoms with Crippen LogP contribution >= 0.6 is 0 Å². The quantitative estimate of drug-likeness (QED) is 0.699. The summed E-state index contributed by atoms with van der Waals surface area (Å²) in [6.45, 7) is 6.17. The lowest BCUT2D eigenvalue weighted by Gasteiger charge is -2.22. The van der Waals surface area contributed by atoms with Gasteiger partial charge < -0.3 is 16.2 Å². The highest BCUT2D eigenvalue weighted by Crippen LogP contribution is 2.14. The molecule has 1 unspecified atom stereocenters. The van der Waals surface area contributed by atoms with Crippen molar-refractivity contribution in [3.8, 4) is 0 Å². The van der Waals surface area contributed by atoms with Gasteiger partial charge in [0.1, 0.15) is 17.5 Å². The molecule has 4 N–H and O–H groups in total. The fourth-order valence-corrected chi connectivity index (χ4v) is 1.57. The van der Waals surface area contributed by atoms with Crippen molar-refractivity contribution in [2.45, 2.75) is 33.2 Å². The van der Waals surface area contributed by atoms with Gasteiger partial charge in [0, 0.05) is 18.7 Å². The Morgan fingerprint density at radius 1 is 1.44 bits per heavy atom. The van der Waals surface area contributed by atoms with Crippen molar-refractivity contribution in [3.63, 3.8) is 0 Å². The molecule has 0 aliphatic rings. The normalized spacial score (nSPS) is 12.8. The van der Waals surface area contributed by atoms with Crippen LogP contribution in [0.2, 0.25) is 0 Å². The summed E-state index contributed by atoms with van der Waals surface area (Å²) in [7, 11) is 0. The number of hydrogen-bond acceptors (Lipinski definition) is 5. The molecule has 5 heteroatoms. The highest BCUT2D eigenvalue weighted by atomic mass is 16.3. The Hall–Kier alpha value is -1.36. The summed E-state index contributed by atoms with van der Waals surface area (Å²) in [6, 6.07) is 1.90. The van der Waals surface area contributed by atoms with Crippen molar-refractivity contribution in [1.82, 2.24) is 9.97 Å². The van der Waals surface area contributed by atoms with Crippen molar-refractivity contribution in [2.24, 2.45) is 5.92 Å². The Morgan fingerprint density at radius 3 is 2.62 bits per heavy atom. The monoisotopic (exact) mass is 224 g/mol. The van der Waals surface area contributed by atoms with Crippen LogP contribution in [0.1, 0.15) is 26.1 Å². The van der Waals surface area contributed by atoms with E-state index in [1.54, 1.807) is 13.0 Å². The molecular formula is C11H20N4O. The number of aliphatic hydroxyl groups is 1. The van der Waals surface area contributed by atoms with Crippen LogP contribution in [0.25, 0.3) is 0 Å². The largest absolute Gasteiger partial charge is 0.396 e. The number of nitrogens with one attached hydrogen (secondary N) is 1. The number of nitrogens with two attached hydrogens (primary N) is 1. The van der Waals surface area contributed by atoms with E-state index < -0.39 is 0 Å². The van der Waals surface area contributed by atoms with Gasteiger partial charge in [0.15, 0.2) is 0 Å². The Labute approximate surface area is 96.1 Å². The second-order valence-corrected chi connectivity index (χ2v) is 4.23. The summed E-state index contributed by atoms with van der Waals surface area (Å²) in [6.07, 6.45) is 0.695. The van der Waals surface area contributed by atoms with Crippen molar-refractivity contribution in [2.75, 3.05) is 17.7 Å². The molecule has 0 fully saturated rings. The Morgan fingerprint density at radius 2 is 2.12 bits per heavy atom. The molecular weight excluding hydrogens is 204 g/mol. The standard InChI is InChI=1S/C11H20N4O/c1-7(2)9(4-5-16)15-11-6-10(12)13-8(3)14-11/h6-7,9,16H,4-5H2,1-3H3,(H3,12,13,14,15). The van der Waals surface area contributed by atoms with Crippen molar-refractivity contribution < 1.29 is 5.11 Å². The average molecular weight is 224 g/mol. The van der Waals surface area contributed by atoms with Gasteiger partial charge in [0.05, 0.1) is 0 Å². The summed E-state index contributed by atoms with van der Waals surface area (Å²) in [5, 5.41) is 12.2. The third kappa shape index (κ3) is 3.66. The number of aromatic nitrogens is 2. The van der Waals surface area contributed by atoms with Gasteiger partial charge in [-0.1, -0.05) is 13.8 Å². The highest BCUT2D eigenvalue weighted by molar-refractivity contribution is 5.45. The zero-order chi connectivity index (χ0) is 12.1. The molecule has 90 valence electrons. The van der Waals surface area contributed by atoms with E-state index in [9.17, 15) is 0 Å². The molecule has 0 aliphatic carbocycles. The minimum atomic E-state index is 0.162. The molecule has 0 radical (unpaired) electrons. The Balaban J connectivity index is 2.76. The summed E-state index contributed by atoms with van der Waals surface area (Å²) in [5.41, 5.74) is 5.64. The topological polar surface area (TPSA) is 84.1 Å². The third-order valence-corrected chi connectivity index (χ3v) is 2.44. The van der Waals surface area contributed by atoms with E-state index in [1.165, 1.54) is 0 Å². The molecule has 0 aromatic carbocycles. The van der Waals surface area contributed by atoms with Gasteiger partial charge in [-0.2, -0.15) is 0 Å². The van der Waals surface area contributed by atoms with Crippen LogP contribution in [0.4, 0.5) is 11.6 Å². The molecule has 0 amide bonds. The summed E-state index contributed by atoms with van der Waals surface area (Å²) in [4.78, 5) is 8.26. The number of nitrogen functional groups attached to an aromatic ring is 1. The summed E-state index contributed by atoms with van der Waals surface area (Å²) in [5.74, 6) is 2.25. The van der Waals surface area contributed by atoms with Gasteiger partial charge >= 0.3 is 0 Å². The van der Waals surface area contributed by atoms with E-state index >= 15 is 0 Å². The van der Waals surface area contributed by atoms with Crippen LogP contribution in [0.15, 0.2) is 6.07 Å². The lowest BCUT2D eigenvalue weighted by molar-refractivity contribution is 0.267. The second-order valence-electron chi connectivity index (χ2n) is 4.23. The molecule has 1 atom stereocenters. The smallest absolute Gasteiger partial charge is 0.132 e. The van der Waals surface area contributed by atoms with Crippen molar-refractivity contribution >= 4 is 11.6 Å². The number of aryl methyl sites for hydroxylation is 1. The van der Waals surface area contributed by atoms with Crippen LogP contribution < -0.4 is 11.1 Å². The molecule has 0 aliphatic heterocycles. The van der Waals surface area contributed by atoms with Crippen LogP contribution in [-0.4, -0.2) is 27.7 Å². The van der Waals surface area contributed by atoms with Crippen molar-refractivity contribution in [3.05, 3.63) is 11.9 Å². The maximum atomic E-state index is 8.98. The predicted molar refractivity (Wildman–Crippen MR) is 65.1 cm³/mol. The molecule has 16 heavy (non-hydrogen) atoms. The third-order valence-electron chi connectivity index (χ3n) is 2.44. The molecule has 1 aromatic rings. The molecule has 0 bridgehead atoms. The number of anilines is 2. The molecule has 0 saturated heterocycles. The average Bonchev–Trinajstić information content (AvgIpc) is 2.15. The lowest BCUT2D eigenvalue weighted by Crippen LogP contribution is -2.27. The Kier molecular flexibility index (Phi) is 4.49. The minimum absolute atomic E-state index is 0.162. The van der Waals surface area contributed by atoms with E-state index in [2.05, 4.69) is 29.1 Å². The van der Waals surface area contributed by atoms with E-state index in [0.717, 1.165) is 5.82 Å². The SMILES string of the molecule is Cc1nc(N)cc(NC(CCO)C(C)C)n1. The molecule has 1 rings (SSSR count). The van der Waals surface area contributed by atoms with Gasteiger partial charge in [-0.3, -0.25) is 0 Å². The highest BCUT2D eigenvalue weighted by Gasteiger charge is 2.13. The van der Waals surface area contributed by atoms with Gasteiger partial charge in [0.2, 0.25) is 0 Å². The van der Waals surface area contributed by atoms with E-state index in [4.69, 9.17) is 10.8 Å². The maximum absolute atomic E-state index is 8.98.